The number of likely N-dealkylation sites (tertiary alicyclic amines) is 1. The highest BCUT2D eigenvalue weighted by Gasteiger charge is 2.37. The first-order valence-electron chi connectivity index (χ1n) is 7.90. The monoisotopic (exact) mass is 324 g/mol. The molecule has 2 aliphatic heterocycles. The molecule has 2 fully saturated rings. The molecular formula is C17H25ClN2O2. The molecule has 1 aromatic rings. The van der Waals surface area contributed by atoms with Gasteiger partial charge in [0.25, 0.3) is 0 Å². The molecule has 0 radical (unpaired) electrons. The molecule has 2 atom stereocenters. The zero-order chi connectivity index (χ0) is 14.7. The Kier molecular flexibility index (Phi) is 6.09. The number of nitrogens with zero attached hydrogens (tertiary/aromatic N) is 1. The molecule has 3 rings (SSSR count). The minimum absolute atomic E-state index is 0. The lowest BCUT2D eigenvalue weighted by Crippen LogP contribution is -2.31. The molecular weight excluding hydrogens is 300 g/mol. The number of hydrogen-bond acceptors (Lipinski definition) is 3. The molecule has 0 spiro atoms. The number of hydrogen-bond donors (Lipinski definition) is 1. The van der Waals surface area contributed by atoms with Gasteiger partial charge in [0, 0.05) is 32.6 Å². The Labute approximate surface area is 138 Å². The fraction of sp³-hybridized carbons (Fsp3) is 0.588. The van der Waals surface area contributed by atoms with Crippen molar-refractivity contribution in [3.05, 3.63) is 29.8 Å². The number of carbonyl (C=O) groups excluding carboxylic acids is 1. The van der Waals surface area contributed by atoms with Crippen LogP contribution in [-0.2, 0) is 4.79 Å². The van der Waals surface area contributed by atoms with Crippen molar-refractivity contribution in [2.24, 2.45) is 11.8 Å². The number of ether oxygens (including phenoxy) is 1. The first-order valence-corrected chi connectivity index (χ1v) is 7.90. The van der Waals surface area contributed by atoms with Crippen LogP contribution < -0.4 is 10.1 Å². The Morgan fingerprint density at radius 2 is 2.05 bits per heavy atom. The number of fused-ring (bicyclic) bond motifs is 1. The van der Waals surface area contributed by atoms with Crippen molar-refractivity contribution in [2.75, 3.05) is 32.8 Å². The van der Waals surface area contributed by atoms with E-state index >= 15 is 0 Å². The lowest BCUT2D eigenvalue weighted by atomic mass is 10.0. The number of benzene rings is 1. The summed E-state index contributed by atoms with van der Waals surface area (Å²) in [6.45, 7) is 6.69. The van der Waals surface area contributed by atoms with Crippen LogP contribution in [0.3, 0.4) is 0 Å². The molecule has 0 unspecified atom stereocenters. The summed E-state index contributed by atoms with van der Waals surface area (Å²) in [5.74, 6) is 2.54. The van der Waals surface area contributed by atoms with Crippen LogP contribution in [0.4, 0.5) is 0 Å². The number of carbonyl (C=O) groups is 1. The lowest BCUT2D eigenvalue weighted by molar-refractivity contribution is -0.130. The van der Waals surface area contributed by atoms with Gasteiger partial charge in [-0.15, -0.1) is 12.4 Å². The average Bonchev–Trinajstić information content (AvgIpc) is 3.04. The van der Waals surface area contributed by atoms with Gasteiger partial charge in [-0.2, -0.15) is 0 Å². The number of aryl methyl sites for hydroxylation is 1. The van der Waals surface area contributed by atoms with Crippen molar-refractivity contribution in [3.63, 3.8) is 0 Å². The molecule has 4 nitrogen and oxygen atoms in total. The van der Waals surface area contributed by atoms with E-state index in [1.807, 2.05) is 23.1 Å². The van der Waals surface area contributed by atoms with E-state index < -0.39 is 0 Å². The second kappa shape index (κ2) is 7.84. The van der Waals surface area contributed by atoms with Gasteiger partial charge >= 0.3 is 0 Å². The van der Waals surface area contributed by atoms with Gasteiger partial charge in [0.05, 0.1) is 6.61 Å². The maximum absolute atomic E-state index is 12.2. The van der Waals surface area contributed by atoms with E-state index in [1.54, 1.807) is 0 Å². The van der Waals surface area contributed by atoms with Crippen molar-refractivity contribution in [3.8, 4) is 5.75 Å². The Balaban J connectivity index is 0.00000176. The molecule has 0 saturated carbocycles. The standard InChI is InChI=1S/C17H24N2O2.ClH/c1-13-4-2-5-16(8-13)21-7-3-6-17(20)19-11-14-9-18-10-15(14)12-19;/h2,4-5,8,14-15,18H,3,6-7,9-12H2,1H3;1H/t14-,15+;. The minimum atomic E-state index is 0. The molecule has 0 aromatic heterocycles. The normalized spacial score (nSPS) is 23.0. The third-order valence-electron chi connectivity index (χ3n) is 4.54. The van der Waals surface area contributed by atoms with Crippen LogP contribution in [0, 0.1) is 18.8 Å². The molecule has 0 aliphatic carbocycles. The van der Waals surface area contributed by atoms with Gasteiger partial charge in [-0.3, -0.25) is 4.79 Å². The summed E-state index contributed by atoms with van der Waals surface area (Å²) in [7, 11) is 0. The summed E-state index contributed by atoms with van der Waals surface area (Å²) >= 11 is 0. The van der Waals surface area contributed by atoms with Crippen molar-refractivity contribution in [1.82, 2.24) is 10.2 Å². The predicted octanol–water partition coefficient (Wildman–Crippen LogP) is 2.25. The maximum atomic E-state index is 12.2. The number of halogens is 1. The van der Waals surface area contributed by atoms with Crippen LogP contribution >= 0.6 is 12.4 Å². The third-order valence-corrected chi connectivity index (χ3v) is 4.54. The molecule has 1 amide bonds. The zero-order valence-corrected chi connectivity index (χ0v) is 13.9. The SMILES string of the molecule is Cc1cccc(OCCCC(=O)N2C[C@H]3CNC[C@H]3C2)c1.Cl. The maximum Gasteiger partial charge on any atom is 0.222 e. The van der Waals surface area contributed by atoms with Gasteiger partial charge in [-0.25, -0.2) is 0 Å². The highest BCUT2D eigenvalue weighted by Crippen LogP contribution is 2.26. The summed E-state index contributed by atoms with van der Waals surface area (Å²) < 4.78 is 5.69. The molecule has 122 valence electrons. The molecule has 1 N–H and O–H groups in total. The fourth-order valence-corrected chi connectivity index (χ4v) is 3.34. The predicted molar refractivity (Wildman–Crippen MR) is 89.6 cm³/mol. The van der Waals surface area contributed by atoms with Crippen LogP contribution in [0.2, 0.25) is 0 Å². The van der Waals surface area contributed by atoms with Crippen LogP contribution in [0.5, 0.6) is 5.75 Å². The smallest absolute Gasteiger partial charge is 0.222 e. The third kappa shape index (κ3) is 4.14. The first-order chi connectivity index (χ1) is 10.2. The quantitative estimate of drug-likeness (QED) is 0.845. The van der Waals surface area contributed by atoms with Gasteiger partial charge in [0.2, 0.25) is 5.91 Å². The average molecular weight is 325 g/mol. The molecule has 5 heteroatoms. The Morgan fingerprint density at radius 1 is 1.32 bits per heavy atom. The summed E-state index contributed by atoms with van der Waals surface area (Å²) in [5.41, 5.74) is 1.20. The summed E-state index contributed by atoms with van der Waals surface area (Å²) in [4.78, 5) is 14.2. The number of nitrogens with one attached hydrogen (secondary N) is 1. The number of amides is 1. The van der Waals surface area contributed by atoms with Gasteiger partial charge < -0.3 is 15.0 Å². The van der Waals surface area contributed by atoms with E-state index in [0.29, 0.717) is 24.9 Å². The van der Waals surface area contributed by atoms with Crippen LogP contribution in [0.1, 0.15) is 18.4 Å². The summed E-state index contributed by atoms with van der Waals surface area (Å²) in [6, 6.07) is 8.03. The molecule has 2 heterocycles. The Morgan fingerprint density at radius 3 is 2.73 bits per heavy atom. The van der Waals surface area contributed by atoms with Crippen LogP contribution in [0.15, 0.2) is 24.3 Å². The van der Waals surface area contributed by atoms with Crippen LogP contribution in [-0.4, -0.2) is 43.6 Å². The molecule has 2 saturated heterocycles. The van der Waals surface area contributed by atoms with Crippen LogP contribution in [0.25, 0.3) is 0 Å². The Bertz CT molecular complexity index is 497. The fourth-order valence-electron chi connectivity index (χ4n) is 3.34. The van der Waals surface area contributed by atoms with Gasteiger partial charge in [-0.05, 0) is 42.9 Å². The molecule has 22 heavy (non-hydrogen) atoms. The first kappa shape index (κ1) is 17.1. The van der Waals surface area contributed by atoms with Crippen molar-refractivity contribution < 1.29 is 9.53 Å². The largest absolute Gasteiger partial charge is 0.494 e. The Hall–Kier alpha value is -1.26. The minimum Gasteiger partial charge on any atom is -0.494 e. The second-order valence-corrected chi connectivity index (χ2v) is 6.25. The topological polar surface area (TPSA) is 41.6 Å². The molecule has 0 bridgehead atoms. The second-order valence-electron chi connectivity index (χ2n) is 6.25. The number of rotatable bonds is 5. The molecule has 1 aromatic carbocycles. The van der Waals surface area contributed by atoms with E-state index in [0.717, 1.165) is 38.3 Å². The summed E-state index contributed by atoms with van der Waals surface area (Å²) in [6.07, 6.45) is 1.38. The van der Waals surface area contributed by atoms with E-state index in [-0.39, 0.29) is 18.3 Å². The van der Waals surface area contributed by atoms with Gasteiger partial charge in [-0.1, -0.05) is 12.1 Å². The van der Waals surface area contributed by atoms with Gasteiger partial charge in [0.15, 0.2) is 0 Å². The molecule has 2 aliphatic rings. The highest BCUT2D eigenvalue weighted by molar-refractivity contribution is 5.85. The van der Waals surface area contributed by atoms with Crippen molar-refractivity contribution in [2.45, 2.75) is 19.8 Å². The van der Waals surface area contributed by atoms with E-state index in [9.17, 15) is 4.79 Å². The zero-order valence-electron chi connectivity index (χ0n) is 13.1. The van der Waals surface area contributed by atoms with E-state index in [2.05, 4.69) is 18.3 Å². The van der Waals surface area contributed by atoms with Gasteiger partial charge in [0.1, 0.15) is 5.75 Å². The van der Waals surface area contributed by atoms with E-state index in [1.165, 1.54) is 5.56 Å². The van der Waals surface area contributed by atoms with Crippen molar-refractivity contribution >= 4 is 18.3 Å². The lowest BCUT2D eigenvalue weighted by Gasteiger charge is -2.17. The van der Waals surface area contributed by atoms with Crippen molar-refractivity contribution in [1.29, 1.82) is 0 Å². The highest BCUT2D eigenvalue weighted by atomic mass is 35.5. The summed E-state index contributed by atoms with van der Waals surface area (Å²) in [5, 5.41) is 3.40. The van der Waals surface area contributed by atoms with E-state index in [4.69, 9.17) is 4.74 Å².